The van der Waals surface area contributed by atoms with E-state index in [2.05, 4.69) is 11.8 Å². The number of rotatable bonds is 3. The summed E-state index contributed by atoms with van der Waals surface area (Å²) in [5.41, 5.74) is 0.813. The maximum atomic E-state index is 12.2. The van der Waals surface area contributed by atoms with Crippen molar-refractivity contribution in [3.63, 3.8) is 0 Å². The van der Waals surface area contributed by atoms with Gasteiger partial charge in [-0.1, -0.05) is 42.3 Å². The molecule has 5 heteroatoms. The van der Waals surface area contributed by atoms with Gasteiger partial charge in [-0.15, -0.1) is 0 Å². The Bertz CT molecular complexity index is 801. The highest BCUT2D eigenvalue weighted by molar-refractivity contribution is 5.94. The summed E-state index contributed by atoms with van der Waals surface area (Å²) in [6.07, 6.45) is 0. The van der Waals surface area contributed by atoms with Gasteiger partial charge in [0.25, 0.3) is 11.8 Å². The lowest BCUT2D eigenvalue weighted by Gasteiger charge is -2.33. The number of para-hydroxylation sites is 1. The first kappa shape index (κ1) is 17.6. The Kier molecular flexibility index (Phi) is 5.89. The minimum Gasteiger partial charge on any atom is -0.484 e. The molecule has 0 unspecified atom stereocenters. The predicted octanol–water partition coefficient (Wildman–Crippen LogP) is 1.79. The van der Waals surface area contributed by atoms with Crippen molar-refractivity contribution in [2.45, 2.75) is 0 Å². The number of benzene rings is 2. The number of carbonyl (C=O) groups is 2. The summed E-state index contributed by atoms with van der Waals surface area (Å²) < 4.78 is 5.49. The lowest BCUT2D eigenvalue weighted by molar-refractivity contribution is -0.138. The van der Waals surface area contributed by atoms with Crippen molar-refractivity contribution in [3.05, 3.63) is 66.2 Å². The average Bonchev–Trinajstić information content (AvgIpc) is 2.72. The van der Waals surface area contributed by atoms with E-state index in [4.69, 9.17) is 4.74 Å². The van der Waals surface area contributed by atoms with Gasteiger partial charge < -0.3 is 14.5 Å². The van der Waals surface area contributed by atoms with Crippen molar-refractivity contribution in [2.75, 3.05) is 32.8 Å². The van der Waals surface area contributed by atoms with E-state index in [1.54, 1.807) is 9.80 Å². The van der Waals surface area contributed by atoms with Crippen molar-refractivity contribution in [2.24, 2.45) is 0 Å². The average molecular weight is 348 g/mol. The lowest BCUT2D eigenvalue weighted by atomic mass is 10.2. The van der Waals surface area contributed by atoms with Gasteiger partial charge in [0.15, 0.2) is 6.61 Å². The summed E-state index contributed by atoms with van der Waals surface area (Å²) in [5.74, 6) is 5.93. The molecule has 2 amide bonds. The van der Waals surface area contributed by atoms with Crippen LogP contribution in [0, 0.1) is 11.8 Å². The number of amides is 2. The lowest BCUT2D eigenvalue weighted by Crippen LogP contribution is -2.51. The molecule has 1 saturated heterocycles. The van der Waals surface area contributed by atoms with Crippen molar-refractivity contribution >= 4 is 11.8 Å². The van der Waals surface area contributed by atoms with Crippen molar-refractivity contribution < 1.29 is 14.3 Å². The van der Waals surface area contributed by atoms with Gasteiger partial charge in [-0.2, -0.15) is 0 Å². The normalized spacial score (nSPS) is 13.5. The highest BCUT2D eigenvalue weighted by atomic mass is 16.5. The van der Waals surface area contributed by atoms with Crippen LogP contribution in [-0.4, -0.2) is 54.4 Å². The first-order chi connectivity index (χ1) is 12.7. The molecule has 2 aromatic rings. The van der Waals surface area contributed by atoms with Gasteiger partial charge in [0.2, 0.25) is 0 Å². The molecular formula is C21H20N2O3. The number of ether oxygens (including phenoxy) is 1. The Morgan fingerprint density at radius 2 is 1.42 bits per heavy atom. The van der Waals surface area contributed by atoms with Gasteiger partial charge >= 0.3 is 0 Å². The number of piperazine rings is 1. The fourth-order valence-electron chi connectivity index (χ4n) is 2.64. The van der Waals surface area contributed by atoms with Gasteiger partial charge in [0, 0.05) is 37.7 Å². The topological polar surface area (TPSA) is 49.9 Å². The molecule has 132 valence electrons. The van der Waals surface area contributed by atoms with Gasteiger partial charge in [-0.05, 0) is 24.3 Å². The molecule has 0 aromatic heterocycles. The molecule has 2 aromatic carbocycles. The summed E-state index contributed by atoms with van der Waals surface area (Å²) in [6.45, 7) is 1.97. The fourth-order valence-corrected chi connectivity index (χ4v) is 2.64. The van der Waals surface area contributed by atoms with E-state index in [9.17, 15) is 9.59 Å². The number of hydrogen-bond donors (Lipinski definition) is 0. The second kappa shape index (κ2) is 8.72. The Morgan fingerprint density at radius 3 is 2.08 bits per heavy atom. The molecule has 0 saturated carbocycles. The van der Waals surface area contributed by atoms with Gasteiger partial charge in [0.1, 0.15) is 5.75 Å². The molecule has 0 aliphatic carbocycles. The Balaban J connectivity index is 1.45. The van der Waals surface area contributed by atoms with Crippen LogP contribution in [-0.2, 0) is 9.59 Å². The van der Waals surface area contributed by atoms with Crippen molar-refractivity contribution in [1.29, 1.82) is 0 Å². The zero-order valence-corrected chi connectivity index (χ0v) is 14.4. The third-order valence-corrected chi connectivity index (χ3v) is 4.11. The third-order valence-electron chi connectivity index (χ3n) is 4.11. The summed E-state index contributed by atoms with van der Waals surface area (Å²) in [7, 11) is 0. The van der Waals surface area contributed by atoms with E-state index < -0.39 is 0 Å². The van der Waals surface area contributed by atoms with Crippen molar-refractivity contribution in [1.82, 2.24) is 9.80 Å². The summed E-state index contributed by atoms with van der Waals surface area (Å²) >= 11 is 0. The van der Waals surface area contributed by atoms with Crippen LogP contribution in [0.4, 0.5) is 0 Å². The molecule has 1 aliphatic rings. The quantitative estimate of drug-likeness (QED) is 0.795. The molecule has 1 aliphatic heterocycles. The zero-order chi connectivity index (χ0) is 18.2. The van der Waals surface area contributed by atoms with Crippen LogP contribution < -0.4 is 4.74 Å². The largest absolute Gasteiger partial charge is 0.484 e. The molecule has 0 atom stereocenters. The molecule has 26 heavy (non-hydrogen) atoms. The molecule has 5 nitrogen and oxygen atoms in total. The molecule has 1 heterocycles. The summed E-state index contributed by atoms with van der Waals surface area (Å²) in [6, 6.07) is 18.7. The van der Waals surface area contributed by atoms with Crippen LogP contribution in [0.15, 0.2) is 60.7 Å². The Labute approximate surface area is 153 Å². The van der Waals surface area contributed by atoms with Gasteiger partial charge in [-0.3, -0.25) is 9.59 Å². The van der Waals surface area contributed by atoms with Crippen LogP contribution in [0.1, 0.15) is 5.56 Å². The maximum absolute atomic E-state index is 12.2. The monoisotopic (exact) mass is 348 g/mol. The molecule has 1 fully saturated rings. The van der Waals surface area contributed by atoms with Crippen LogP contribution in [0.3, 0.4) is 0 Å². The first-order valence-corrected chi connectivity index (χ1v) is 8.54. The van der Waals surface area contributed by atoms with Crippen molar-refractivity contribution in [3.8, 4) is 17.6 Å². The van der Waals surface area contributed by atoms with E-state index in [0.29, 0.717) is 31.9 Å². The third kappa shape index (κ3) is 4.87. The Hall–Kier alpha value is -3.26. The molecule has 0 spiro atoms. The van der Waals surface area contributed by atoms with Crippen LogP contribution in [0.25, 0.3) is 0 Å². The molecular weight excluding hydrogens is 328 g/mol. The van der Waals surface area contributed by atoms with E-state index in [-0.39, 0.29) is 18.4 Å². The minimum atomic E-state index is -0.207. The number of carbonyl (C=O) groups excluding carboxylic acids is 2. The second-order valence-electron chi connectivity index (χ2n) is 5.89. The summed E-state index contributed by atoms with van der Waals surface area (Å²) in [4.78, 5) is 27.8. The Morgan fingerprint density at radius 1 is 0.846 bits per heavy atom. The molecule has 3 rings (SSSR count). The highest BCUT2D eigenvalue weighted by Gasteiger charge is 2.23. The molecule has 0 radical (unpaired) electrons. The minimum absolute atomic E-state index is 0.00573. The SMILES string of the molecule is O=C(C#Cc1ccccc1)N1CCN(C(=O)COc2ccccc2)CC1. The fraction of sp³-hybridized carbons (Fsp3) is 0.238. The smallest absolute Gasteiger partial charge is 0.298 e. The highest BCUT2D eigenvalue weighted by Crippen LogP contribution is 2.09. The zero-order valence-electron chi connectivity index (χ0n) is 14.4. The number of nitrogens with zero attached hydrogens (tertiary/aromatic N) is 2. The van der Waals surface area contributed by atoms with E-state index in [1.165, 1.54) is 0 Å². The second-order valence-corrected chi connectivity index (χ2v) is 5.89. The summed E-state index contributed by atoms with van der Waals surface area (Å²) in [5, 5.41) is 0. The molecule has 0 bridgehead atoms. The standard InChI is InChI=1S/C21H20N2O3/c24-20(12-11-18-7-3-1-4-8-18)22-13-15-23(16-14-22)21(25)17-26-19-9-5-2-6-10-19/h1-10H,13-17H2. The van der Waals surface area contributed by atoms with E-state index >= 15 is 0 Å². The maximum Gasteiger partial charge on any atom is 0.298 e. The molecule has 0 N–H and O–H groups in total. The number of hydrogen-bond acceptors (Lipinski definition) is 3. The van der Waals surface area contributed by atoms with Crippen LogP contribution >= 0.6 is 0 Å². The van der Waals surface area contributed by atoms with E-state index in [0.717, 1.165) is 5.56 Å². The van der Waals surface area contributed by atoms with Gasteiger partial charge in [0.05, 0.1) is 0 Å². The van der Waals surface area contributed by atoms with Crippen LogP contribution in [0.5, 0.6) is 5.75 Å². The van der Waals surface area contributed by atoms with Crippen LogP contribution in [0.2, 0.25) is 0 Å². The van der Waals surface area contributed by atoms with Gasteiger partial charge in [-0.25, -0.2) is 0 Å². The first-order valence-electron chi connectivity index (χ1n) is 8.54. The predicted molar refractivity (Wildman–Crippen MR) is 98.4 cm³/mol. The van der Waals surface area contributed by atoms with E-state index in [1.807, 2.05) is 60.7 Å².